The van der Waals surface area contributed by atoms with E-state index in [9.17, 15) is 14.4 Å². The van der Waals surface area contributed by atoms with E-state index in [1.54, 1.807) is 4.90 Å². The van der Waals surface area contributed by atoms with Crippen LogP contribution < -0.4 is 5.32 Å². The lowest BCUT2D eigenvalue weighted by molar-refractivity contribution is -0.137. The zero-order chi connectivity index (χ0) is 19.2. The van der Waals surface area contributed by atoms with E-state index in [0.29, 0.717) is 32.4 Å². The number of rotatable bonds is 7. The second kappa shape index (κ2) is 8.88. The molecular weight excluding hydrogens is 346 g/mol. The van der Waals surface area contributed by atoms with Crippen LogP contribution in [0.25, 0.3) is 0 Å². The summed E-state index contributed by atoms with van der Waals surface area (Å²) in [5.41, 5.74) is 1.06. The van der Waals surface area contributed by atoms with Crippen LogP contribution in [0.5, 0.6) is 0 Å². The standard InChI is InChI=1S/C20H27N3O4/c24-18-7-4-11-23(18)17-10-12-22(14-17)20(27)21-16(8-9-19(25)26)13-15-5-2-1-3-6-15/h1-3,5-6,16-17H,4,7-14H2,(H,21,27)(H,25,26). The van der Waals surface area contributed by atoms with Crippen molar-refractivity contribution in [1.82, 2.24) is 15.1 Å². The highest BCUT2D eigenvalue weighted by atomic mass is 16.4. The quantitative estimate of drug-likeness (QED) is 0.763. The summed E-state index contributed by atoms with van der Waals surface area (Å²) in [4.78, 5) is 39.2. The number of urea groups is 1. The number of hydrogen-bond donors (Lipinski definition) is 2. The number of nitrogens with zero attached hydrogens (tertiary/aromatic N) is 2. The molecule has 2 atom stereocenters. The Bertz CT molecular complexity index is 679. The molecule has 2 aliphatic rings. The molecule has 3 rings (SSSR count). The van der Waals surface area contributed by atoms with Gasteiger partial charge in [0, 0.05) is 38.5 Å². The minimum Gasteiger partial charge on any atom is -0.481 e. The van der Waals surface area contributed by atoms with Gasteiger partial charge in [-0.25, -0.2) is 4.79 Å². The lowest BCUT2D eigenvalue weighted by atomic mass is 10.0. The van der Waals surface area contributed by atoms with Gasteiger partial charge in [0.05, 0.1) is 6.04 Å². The van der Waals surface area contributed by atoms with E-state index in [1.165, 1.54) is 0 Å². The van der Waals surface area contributed by atoms with Gasteiger partial charge in [-0.05, 0) is 31.2 Å². The second-order valence-electron chi connectivity index (χ2n) is 7.35. The molecule has 0 aromatic heterocycles. The molecule has 0 spiro atoms. The molecular formula is C20H27N3O4. The molecule has 27 heavy (non-hydrogen) atoms. The summed E-state index contributed by atoms with van der Waals surface area (Å²) < 4.78 is 0. The predicted octanol–water partition coefficient (Wildman–Crippen LogP) is 1.87. The van der Waals surface area contributed by atoms with Crippen molar-refractivity contribution < 1.29 is 19.5 Å². The highest BCUT2D eigenvalue weighted by Gasteiger charge is 2.35. The van der Waals surface area contributed by atoms with E-state index in [4.69, 9.17) is 5.11 Å². The van der Waals surface area contributed by atoms with Gasteiger partial charge in [-0.2, -0.15) is 0 Å². The molecule has 2 fully saturated rings. The number of hydrogen-bond acceptors (Lipinski definition) is 3. The van der Waals surface area contributed by atoms with Crippen LogP contribution in [0.2, 0.25) is 0 Å². The molecule has 2 saturated heterocycles. The van der Waals surface area contributed by atoms with Crippen molar-refractivity contribution in [2.75, 3.05) is 19.6 Å². The first kappa shape index (κ1) is 19.2. The van der Waals surface area contributed by atoms with Gasteiger partial charge in [-0.15, -0.1) is 0 Å². The summed E-state index contributed by atoms with van der Waals surface area (Å²) in [7, 11) is 0. The number of likely N-dealkylation sites (tertiary alicyclic amines) is 2. The third kappa shape index (κ3) is 5.21. The molecule has 7 heteroatoms. The number of nitrogens with one attached hydrogen (secondary N) is 1. The van der Waals surface area contributed by atoms with E-state index in [0.717, 1.165) is 24.9 Å². The van der Waals surface area contributed by atoms with Gasteiger partial charge in [0.2, 0.25) is 5.91 Å². The SMILES string of the molecule is O=C(O)CCC(Cc1ccccc1)NC(=O)N1CCC(N2CCCC2=O)C1. The van der Waals surface area contributed by atoms with Crippen LogP contribution in [-0.4, -0.2) is 64.5 Å². The normalized spacial score (nSPS) is 20.7. The van der Waals surface area contributed by atoms with E-state index >= 15 is 0 Å². The number of amides is 3. The highest BCUT2D eigenvalue weighted by Crippen LogP contribution is 2.21. The van der Waals surface area contributed by atoms with Crippen molar-refractivity contribution in [3.05, 3.63) is 35.9 Å². The summed E-state index contributed by atoms with van der Waals surface area (Å²) in [6.07, 6.45) is 3.31. The summed E-state index contributed by atoms with van der Waals surface area (Å²) in [5, 5.41) is 12.0. The summed E-state index contributed by atoms with van der Waals surface area (Å²) in [5.74, 6) is -0.679. The monoisotopic (exact) mass is 373 g/mol. The first-order valence-corrected chi connectivity index (χ1v) is 9.63. The van der Waals surface area contributed by atoms with E-state index in [-0.39, 0.29) is 30.4 Å². The number of benzene rings is 1. The fraction of sp³-hybridized carbons (Fsp3) is 0.550. The predicted molar refractivity (Wildman–Crippen MR) is 100 cm³/mol. The average Bonchev–Trinajstić information content (AvgIpc) is 3.29. The van der Waals surface area contributed by atoms with Crippen LogP contribution in [0.4, 0.5) is 4.79 Å². The van der Waals surface area contributed by atoms with Gasteiger partial charge in [0.1, 0.15) is 0 Å². The number of carboxylic acid groups (broad SMARTS) is 1. The molecule has 2 N–H and O–H groups in total. The van der Waals surface area contributed by atoms with Crippen LogP contribution in [0.1, 0.15) is 37.7 Å². The molecule has 2 aliphatic heterocycles. The van der Waals surface area contributed by atoms with Gasteiger partial charge in [-0.1, -0.05) is 30.3 Å². The third-order valence-corrected chi connectivity index (χ3v) is 5.36. The van der Waals surface area contributed by atoms with Gasteiger partial charge in [-0.3, -0.25) is 9.59 Å². The highest BCUT2D eigenvalue weighted by molar-refractivity contribution is 5.79. The molecule has 0 bridgehead atoms. The van der Waals surface area contributed by atoms with Crippen LogP contribution in [0.15, 0.2) is 30.3 Å². The molecule has 3 amide bonds. The Hall–Kier alpha value is -2.57. The van der Waals surface area contributed by atoms with Gasteiger partial charge in [0.15, 0.2) is 0 Å². The molecule has 2 heterocycles. The number of aliphatic carboxylic acids is 1. The molecule has 0 saturated carbocycles. The summed E-state index contributed by atoms with van der Waals surface area (Å²) in [6, 6.07) is 9.46. The molecule has 1 aromatic carbocycles. The minimum absolute atomic E-state index is 0.0166. The Morgan fingerprint density at radius 2 is 2.00 bits per heavy atom. The van der Waals surface area contributed by atoms with Crippen molar-refractivity contribution in [3.63, 3.8) is 0 Å². The van der Waals surface area contributed by atoms with Crippen LogP contribution in [0, 0.1) is 0 Å². The smallest absolute Gasteiger partial charge is 0.317 e. The van der Waals surface area contributed by atoms with E-state index < -0.39 is 5.97 Å². The number of carbonyl (C=O) groups is 3. The van der Waals surface area contributed by atoms with Gasteiger partial charge in [0.25, 0.3) is 0 Å². The molecule has 146 valence electrons. The van der Waals surface area contributed by atoms with Gasteiger partial charge < -0.3 is 20.2 Å². The topological polar surface area (TPSA) is 89.9 Å². The lowest BCUT2D eigenvalue weighted by Crippen LogP contribution is -2.46. The Labute approximate surface area is 159 Å². The average molecular weight is 373 g/mol. The summed E-state index contributed by atoms with van der Waals surface area (Å²) >= 11 is 0. The largest absolute Gasteiger partial charge is 0.481 e. The Kier molecular flexibility index (Phi) is 6.32. The van der Waals surface area contributed by atoms with Crippen LogP contribution in [-0.2, 0) is 16.0 Å². The fourth-order valence-electron chi connectivity index (χ4n) is 3.92. The number of carbonyl (C=O) groups excluding carboxylic acids is 2. The Morgan fingerprint density at radius 3 is 2.67 bits per heavy atom. The molecule has 1 aromatic rings. The van der Waals surface area contributed by atoms with Crippen molar-refractivity contribution in [3.8, 4) is 0 Å². The number of carboxylic acids is 1. The van der Waals surface area contributed by atoms with Crippen molar-refractivity contribution in [2.24, 2.45) is 0 Å². The maximum absolute atomic E-state index is 12.7. The van der Waals surface area contributed by atoms with Crippen molar-refractivity contribution in [2.45, 2.75) is 50.6 Å². The van der Waals surface area contributed by atoms with Crippen molar-refractivity contribution >= 4 is 17.9 Å². The van der Waals surface area contributed by atoms with E-state index in [2.05, 4.69) is 5.32 Å². The first-order valence-electron chi connectivity index (χ1n) is 9.63. The Morgan fingerprint density at radius 1 is 1.22 bits per heavy atom. The Balaban J connectivity index is 1.56. The van der Waals surface area contributed by atoms with Crippen LogP contribution >= 0.6 is 0 Å². The molecule has 0 aliphatic carbocycles. The molecule has 0 radical (unpaired) electrons. The minimum atomic E-state index is -0.865. The maximum Gasteiger partial charge on any atom is 0.317 e. The van der Waals surface area contributed by atoms with Crippen molar-refractivity contribution in [1.29, 1.82) is 0 Å². The molecule has 2 unspecified atom stereocenters. The zero-order valence-electron chi connectivity index (χ0n) is 15.5. The summed E-state index contributed by atoms with van der Waals surface area (Å²) in [6.45, 7) is 1.96. The lowest BCUT2D eigenvalue weighted by Gasteiger charge is -2.26. The fourth-order valence-corrected chi connectivity index (χ4v) is 3.92. The third-order valence-electron chi connectivity index (χ3n) is 5.36. The first-order chi connectivity index (χ1) is 13.0. The second-order valence-corrected chi connectivity index (χ2v) is 7.35. The van der Waals surface area contributed by atoms with Gasteiger partial charge >= 0.3 is 12.0 Å². The zero-order valence-corrected chi connectivity index (χ0v) is 15.5. The molecule has 7 nitrogen and oxygen atoms in total. The van der Waals surface area contributed by atoms with Crippen LogP contribution in [0.3, 0.4) is 0 Å². The van der Waals surface area contributed by atoms with E-state index in [1.807, 2.05) is 35.2 Å². The maximum atomic E-state index is 12.7.